The molecule has 5 rings (SSSR count). The Morgan fingerprint density at radius 2 is 1.83 bits per heavy atom. The van der Waals surface area contributed by atoms with Crippen LogP contribution in [0.15, 0.2) is 18.2 Å². The van der Waals surface area contributed by atoms with Crippen molar-refractivity contribution in [1.82, 2.24) is 15.5 Å². The molecule has 4 amide bonds. The van der Waals surface area contributed by atoms with E-state index in [1.165, 1.54) is 0 Å². The summed E-state index contributed by atoms with van der Waals surface area (Å²) >= 11 is 0. The number of hydrogen-bond donors (Lipinski definition) is 3. The number of nitrogens with one attached hydrogen (secondary N) is 2. The van der Waals surface area contributed by atoms with Gasteiger partial charge >= 0.3 is 0 Å². The molecule has 30 heavy (non-hydrogen) atoms. The highest BCUT2D eigenvalue weighted by atomic mass is 16.2. The van der Waals surface area contributed by atoms with E-state index in [0.29, 0.717) is 35.2 Å². The van der Waals surface area contributed by atoms with Crippen LogP contribution in [0.1, 0.15) is 71.2 Å². The smallest absolute Gasteiger partial charge is 0.262 e. The number of carbonyl (C=O) groups is 4. The Hall–Kier alpha value is -2.58. The molecule has 4 aliphatic rings. The second-order valence-electron chi connectivity index (χ2n) is 9.12. The van der Waals surface area contributed by atoms with Crippen molar-refractivity contribution in [1.29, 1.82) is 0 Å². The number of amides is 4. The first-order valence-electron chi connectivity index (χ1n) is 10.7. The molecule has 1 spiro atoms. The monoisotopic (exact) mass is 410 g/mol. The Kier molecular flexibility index (Phi) is 4.52. The summed E-state index contributed by atoms with van der Waals surface area (Å²) in [4.78, 5) is 50.7. The van der Waals surface area contributed by atoms with Crippen LogP contribution in [0.4, 0.5) is 0 Å². The number of hydrogen-bond acceptors (Lipinski definition) is 6. The van der Waals surface area contributed by atoms with Gasteiger partial charge in [-0.1, -0.05) is 12.1 Å². The molecule has 0 aromatic heterocycles. The van der Waals surface area contributed by atoms with Gasteiger partial charge in [0.25, 0.3) is 11.8 Å². The zero-order chi connectivity index (χ0) is 21.0. The van der Waals surface area contributed by atoms with Gasteiger partial charge in [0, 0.05) is 25.0 Å². The standard InChI is InChI=1S/C22H26N4O4/c23-16-10-22(16)8-6-13(7-9-22)24-11-12-2-1-3-14-18(12)21(30)26(20(14)29)15-4-5-17(27)25-19(15)28/h1-3,13,15-16,24H,4-11,23H2,(H,25,27,28). The highest BCUT2D eigenvalue weighted by Crippen LogP contribution is 2.55. The molecule has 0 bridgehead atoms. The van der Waals surface area contributed by atoms with E-state index in [1.807, 2.05) is 6.07 Å². The maximum absolute atomic E-state index is 13.1. The number of carbonyl (C=O) groups excluding carboxylic acids is 4. The van der Waals surface area contributed by atoms with Gasteiger partial charge in [-0.05, 0) is 55.6 Å². The fourth-order valence-electron chi connectivity index (χ4n) is 5.34. The summed E-state index contributed by atoms with van der Waals surface area (Å²) in [5, 5.41) is 5.77. The number of imide groups is 2. The summed E-state index contributed by atoms with van der Waals surface area (Å²) in [5.41, 5.74) is 7.92. The third kappa shape index (κ3) is 3.06. The minimum absolute atomic E-state index is 0.116. The van der Waals surface area contributed by atoms with Gasteiger partial charge in [-0.15, -0.1) is 0 Å². The van der Waals surface area contributed by atoms with Crippen molar-refractivity contribution in [2.75, 3.05) is 0 Å². The first-order valence-corrected chi connectivity index (χ1v) is 10.7. The van der Waals surface area contributed by atoms with Gasteiger partial charge in [0.15, 0.2) is 0 Å². The molecule has 2 aliphatic heterocycles. The summed E-state index contributed by atoms with van der Waals surface area (Å²) < 4.78 is 0. The van der Waals surface area contributed by atoms with E-state index in [4.69, 9.17) is 5.73 Å². The highest BCUT2D eigenvalue weighted by Gasteiger charge is 2.52. The fourth-order valence-corrected chi connectivity index (χ4v) is 5.34. The number of rotatable bonds is 4. The summed E-state index contributed by atoms with van der Waals surface area (Å²) in [6.07, 6.45) is 5.83. The number of nitrogens with zero attached hydrogens (tertiary/aromatic N) is 1. The first-order chi connectivity index (χ1) is 14.4. The van der Waals surface area contributed by atoms with Gasteiger partial charge < -0.3 is 11.1 Å². The van der Waals surface area contributed by atoms with Crippen LogP contribution >= 0.6 is 0 Å². The van der Waals surface area contributed by atoms with Crippen LogP contribution in [0.5, 0.6) is 0 Å². The van der Waals surface area contributed by atoms with Crippen LogP contribution in [0, 0.1) is 5.41 Å². The zero-order valence-corrected chi connectivity index (χ0v) is 16.8. The Labute approximate surface area is 174 Å². The van der Waals surface area contributed by atoms with Gasteiger partial charge in [-0.2, -0.15) is 0 Å². The number of benzene rings is 1. The van der Waals surface area contributed by atoms with E-state index < -0.39 is 23.8 Å². The summed E-state index contributed by atoms with van der Waals surface area (Å²) in [6, 6.07) is 5.05. The Bertz CT molecular complexity index is 950. The molecule has 0 radical (unpaired) electrons. The van der Waals surface area contributed by atoms with Crippen LogP contribution in [0.2, 0.25) is 0 Å². The third-order valence-corrected chi connectivity index (χ3v) is 7.37. The van der Waals surface area contributed by atoms with Crippen LogP contribution < -0.4 is 16.4 Å². The topological polar surface area (TPSA) is 122 Å². The van der Waals surface area contributed by atoms with Crippen molar-refractivity contribution in [3.8, 4) is 0 Å². The maximum Gasteiger partial charge on any atom is 0.262 e. The number of fused-ring (bicyclic) bond motifs is 1. The van der Waals surface area contributed by atoms with Crippen LogP contribution in [-0.2, 0) is 16.1 Å². The van der Waals surface area contributed by atoms with E-state index in [0.717, 1.165) is 42.6 Å². The zero-order valence-electron chi connectivity index (χ0n) is 16.8. The van der Waals surface area contributed by atoms with Crippen LogP contribution in [0.25, 0.3) is 0 Å². The highest BCUT2D eigenvalue weighted by molar-refractivity contribution is 6.24. The van der Waals surface area contributed by atoms with E-state index >= 15 is 0 Å². The maximum atomic E-state index is 13.1. The SMILES string of the molecule is NC1CC12CCC(NCc1cccc3c1C(=O)N(C1CCC(=O)NC1=O)C3=O)CC2. The molecule has 2 heterocycles. The first kappa shape index (κ1) is 19.4. The minimum atomic E-state index is -0.937. The number of piperidine rings is 1. The van der Waals surface area contributed by atoms with Gasteiger partial charge in [-0.25, -0.2) is 0 Å². The molecule has 3 fully saturated rings. The lowest BCUT2D eigenvalue weighted by Gasteiger charge is -2.30. The quantitative estimate of drug-likeness (QED) is 0.633. The van der Waals surface area contributed by atoms with Crippen molar-refractivity contribution in [3.63, 3.8) is 0 Å². The van der Waals surface area contributed by atoms with Crippen LogP contribution in [-0.4, -0.2) is 46.7 Å². The Morgan fingerprint density at radius 3 is 2.50 bits per heavy atom. The second kappa shape index (κ2) is 6.99. The van der Waals surface area contributed by atoms with E-state index in [9.17, 15) is 19.2 Å². The molecule has 158 valence electrons. The molecular weight excluding hydrogens is 384 g/mol. The van der Waals surface area contributed by atoms with Crippen molar-refractivity contribution in [3.05, 3.63) is 34.9 Å². The molecular formula is C22H26N4O4. The molecule has 8 heteroatoms. The Morgan fingerprint density at radius 1 is 1.10 bits per heavy atom. The van der Waals surface area contributed by atoms with Gasteiger partial charge in [0.2, 0.25) is 11.8 Å². The normalized spacial score (nSPS) is 33.1. The average Bonchev–Trinajstić information content (AvgIpc) is 3.28. The van der Waals surface area contributed by atoms with Crippen molar-refractivity contribution >= 4 is 23.6 Å². The summed E-state index contributed by atoms with van der Waals surface area (Å²) in [6.45, 7) is 0.495. The predicted molar refractivity (Wildman–Crippen MR) is 107 cm³/mol. The molecule has 2 aliphatic carbocycles. The van der Waals surface area contributed by atoms with E-state index in [2.05, 4.69) is 10.6 Å². The van der Waals surface area contributed by atoms with Gasteiger partial charge in [0.1, 0.15) is 6.04 Å². The molecule has 1 saturated heterocycles. The van der Waals surface area contributed by atoms with Gasteiger partial charge in [0.05, 0.1) is 11.1 Å². The fraction of sp³-hybridized carbons (Fsp3) is 0.545. The molecule has 8 nitrogen and oxygen atoms in total. The molecule has 1 aromatic carbocycles. The van der Waals surface area contributed by atoms with Gasteiger partial charge in [-0.3, -0.25) is 29.4 Å². The molecule has 1 aromatic rings. The summed E-state index contributed by atoms with van der Waals surface area (Å²) in [5.74, 6) is -1.88. The van der Waals surface area contributed by atoms with E-state index in [1.54, 1.807) is 12.1 Å². The lowest BCUT2D eigenvalue weighted by Crippen LogP contribution is -2.54. The third-order valence-electron chi connectivity index (χ3n) is 7.37. The Balaban J connectivity index is 1.30. The van der Waals surface area contributed by atoms with Crippen molar-refractivity contribution in [2.24, 2.45) is 11.1 Å². The molecule has 2 atom stereocenters. The molecule has 2 unspecified atom stereocenters. The van der Waals surface area contributed by atoms with Crippen LogP contribution in [0.3, 0.4) is 0 Å². The molecule has 4 N–H and O–H groups in total. The van der Waals surface area contributed by atoms with E-state index in [-0.39, 0.29) is 18.7 Å². The largest absolute Gasteiger partial charge is 0.327 e. The van der Waals surface area contributed by atoms with Crippen molar-refractivity contribution in [2.45, 2.75) is 69.6 Å². The van der Waals surface area contributed by atoms with Crippen molar-refractivity contribution < 1.29 is 19.2 Å². The minimum Gasteiger partial charge on any atom is -0.327 e. The second-order valence-corrected chi connectivity index (χ2v) is 9.12. The number of nitrogens with two attached hydrogens (primary N) is 1. The average molecular weight is 410 g/mol. The molecule has 2 saturated carbocycles. The lowest BCUT2D eigenvalue weighted by atomic mass is 9.82. The lowest BCUT2D eigenvalue weighted by molar-refractivity contribution is -0.136. The summed E-state index contributed by atoms with van der Waals surface area (Å²) in [7, 11) is 0. The predicted octanol–water partition coefficient (Wildman–Crippen LogP) is 0.837.